The molecule has 1 heterocycles. The minimum atomic E-state index is -0.241. The van der Waals surface area contributed by atoms with E-state index in [4.69, 9.17) is 0 Å². The first-order valence-electron chi connectivity index (χ1n) is 8.77. The Morgan fingerprint density at radius 3 is 2.25 bits per heavy atom. The van der Waals surface area contributed by atoms with Crippen LogP contribution in [0.4, 0.5) is 10.5 Å². The number of nitrogens with zero attached hydrogens (tertiary/aromatic N) is 1. The second kappa shape index (κ2) is 7.66. The minimum absolute atomic E-state index is 0.0595. The first kappa shape index (κ1) is 16.8. The number of aliphatic hydroxyl groups is 1. The number of benzene rings is 1. The summed E-state index contributed by atoms with van der Waals surface area (Å²) in [6, 6.07) is 6.90. The van der Waals surface area contributed by atoms with E-state index in [1.165, 1.54) is 0 Å². The summed E-state index contributed by atoms with van der Waals surface area (Å²) in [5, 5.41) is 15.2. The first-order chi connectivity index (χ1) is 11.6. The molecule has 3 amide bonds. The molecule has 1 saturated heterocycles. The summed E-state index contributed by atoms with van der Waals surface area (Å²) in [6.45, 7) is 1.66. The molecule has 1 aromatic carbocycles. The predicted octanol–water partition coefficient (Wildman–Crippen LogP) is 2.35. The van der Waals surface area contributed by atoms with E-state index in [0.717, 1.165) is 51.6 Å². The molecule has 1 aliphatic carbocycles. The van der Waals surface area contributed by atoms with Crippen LogP contribution in [0.2, 0.25) is 0 Å². The quantitative estimate of drug-likeness (QED) is 0.795. The van der Waals surface area contributed by atoms with Crippen LogP contribution in [0.1, 0.15) is 48.9 Å². The van der Waals surface area contributed by atoms with Gasteiger partial charge in [-0.25, -0.2) is 4.79 Å². The summed E-state index contributed by atoms with van der Waals surface area (Å²) in [7, 11) is 0. The monoisotopic (exact) mass is 331 g/mol. The van der Waals surface area contributed by atoms with Crippen LogP contribution in [0.25, 0.3) is 0 Å². The molecule has 0 bridgehead atoms. The number of nitrogens with one attached hydrogen (secondary N) is 2. The van der Waals surface area contributed by atoms with E-state index in [1.54, 1.807) is 24.3 Å². The van der Waals surface area contributed by atoms with Crippen molar-refractivity contribution < 1.29 is 14.7 Å². The number of rotatable bonds is 3. The topological polar surface area (TPSA) is 81.7 Å². The van der Waals surface area contributed by atoms with Crippen molar-refractivity contribution in [1.29, 1.82) is 0 Å². The highest BCUT2D eigenvalue weighted by molar-refractivity contribution is 5.95. The van der Waals surface area contributed by atoms with Crippen molar-refractivity contribution in [3.63, 3.8) is 0 Å². The van der Waals surface area contributed by atoms with E-state index in [0.29, 0.717) is 11.3 Å². The molecule has 0 radical (unpaired) electrons. The molecule has 6 heteroatoms. The Hall–Kier alpha value is -2.08. The molecule has 1 aromatic rings. The second-order valence-electron chi connectivity index (χ2n) is 6.68. The second-order valence-corrected chi connectivity index (χ2v) is 6.68. The predicted molar refractivity (Wildman–Crippen MR) is 92.0 cm³/mol. The largest absolute Gasteiger partial charge is 0.393 e. The molecule has 6 nitrogen and oxygen atoms in total. The fourth-order valence-corrected chi connectivity index (χ4v) is 3.37. The molecule has 24 heavy (non-hydrogen) atoms. The lowest BCUT2D eigenvalue weighted by molar-refractivity contribution is 0.0793. The Bertz CT molecular complexity index is 574. The molecule has 130 valence electrons. The van der Waals surface area contributed by atoms with Crippen LogP contribution < -0.4 is 10.6 Å². The van der Waals surface area contributed by atoms with E-state index in [9.17, 15) is 14.7 Å². The van der Waals surface area contributed by atoms with Gasteiger partial charge >= 0.3 is 6.03 Å². The maximum Gasteiger partial charge on any atom is 0.319 e. The molecule has 2 fully saturated rings. The van der Waals surface area contributed by atoms with Gasteiger partial charge < -0.3 is 20.6 Å². The Morgan fingerprint density at radius 2 is 1.62 bits per heavy atom. The van der Waals surface area contributed by atoms with Crippen molar-refractivity contribution >= 4 is 17.6 Å². The lowest BCUT2D eigenvalue weighted by Crippen LogP contribution is -2.40. The summed E-state index contributed by atoms with van der Waals surface area (Å²) in [5.41, 5.74) is 1.32. The van der Waals surface area contributed by atoms with Gasteiger partial charge in [-0.3, -0.25) is 4.79 Å². The van der Waals surface area contributed by atoms with Gasteiger partial charge in [0.05, 0.1) is 6.10 Å². The van der Waals surface area contributed by atoms with Crippen molar-refractivity contribution in [3.05, 3.63) is 29.8 Å². The molecule has 0 spiro atoms. The van der Waals surface area contributed by atoms with Crippen LogP contribution in [0.3, 0.4) is 0 Å². The zero-order valence-corrected chi connectivity index (χ0v) is 13.8. The van der Waals surface area contributed by atoms with Gasteiger partial charge in [-0.05, 0) is 62.8 Å². The Labute approximate surface area is 142 Å². The molecular formula is C18H25N3O3. The van der Waals surface area contributed by atoms with Gasteiger partial charge in [0.2, 0.25) is 0 Å². The van der Waals surface area contributed by atoms with Crippen molar-refractivity contribution in [2.24, 2.45) is 0 Å². The normalized spacial score (nSPS) is 23.8. The summed E-state index contributed by atoms with van der Waals surface area (Å²) in [4.78, 5) is 26.2. The molecule has 3 N–H and O–H groups in total. The number of aliphatic hydroxyl groups excluding tert-OH is 1. The lowest BCUT2D eigenvalue weighted by Gasteiger charge is -2.26. The fourth-order valence-electron chi connectivity index (χ4n) is 3.37. The van der Waals surface area contributed by atoms with Crippen LogP contribution in [-0.4, -0.2) is 47.2 Å². The summed E-state index contributed by atoms with van der Waals surface area (Å²) in [6.07, 6.45) is 4.99. The smallest absolute Gasteiger partial charge is 0.319 e. The van der Waals surface area contributed by atoms with Crippen molar-refractivity contribution in [2.45, 2.75) is 50.7 Å². The highest BCUT2D eigenvalue weighted by Gasteiger charge is 2.21. The highest BCUT2D eigenvalue weighted by atomic mass is 16.3. The third kappa shape index (κ3) is 4.26. The molecular weight excluding hydrogens is 306 g/mol. The van der Waals surface area contributed by atoms with Gasteiger partial charge in [0.1, 0.15) is 0 Å². The lowest BCUT2D eigenvalue weighted by atomic mass is 9.93. The highest BCUT2D eigenvalue weighted by Crippen LogP contribution is 2.19. The zero-order chi connectivity index (χ0) is 16.9. The maximum atomic E-state index is 12.3. The molecule has 1 saturated carbocycles. The molecule has 1 aliphatic heterocycles. The third-order valence-electron chi connectivity index (χ3n) is 4.81. The molecule has 0 atom stereocenters. The van der Waals surface area contributed by atoms with E-state index in [2.05, 4.69) is 10.6 Å². The van der Waals surface area contributed by atoms with Crippen LogP contribution in [0.15, 0.2) is 24.3 Å². The van der Waals surface area contributed by atoms with Crippen molar-refractivity contribution in [1.82, 2.24) is 10.2 Å². The number of hydrogen-bond donors (Lipinski definition) is 3. The Morgan fingerprint density at radius 1 is 1.00 bits per heavy atom. The van der Waals surface area contributed by atoms with Crippen LogP contribution in [0, 0.1) is 0 Å². The Kier molecular flexibility index (Phi) is 5.35. The van der Waals surface area contributed by atoms with E-state index in [-0.39, 0.29) is 24.1 Å². The average Bonchev–Trinajstić information content (AvgIpc) is 3.11. The number of carbonyl (C=O) groups is 2. The molecule has 2 aliphatic rings. The van der Waals surface area contributed by atoms with Gasteiger partial charge in [-0.15, -0.1) is 0 Å². The van der Waals surface area contributed by atoms with Gasteiger partial charge in [0, 0.05) is 30.4 Å². The molecule has 3 rings (SSSR count). The van der Waals surface area contributed by atoms with E-state index < -0.39 is 0 Å². The first-order valence-corrected chi connectivity index (χ1v) is 8.77. The molecule has 0 unspecified atom stereocenters. The summed E-state index contributed by atoms with van der Waals surface area (Å²) >= 11 is 0. The van der Waals surface area contributed by atoms with Crippen molar-refractivity contribution in [2.75, 3.05) is 18.4 Å². The number of anilines is 1. The van der Waals surface area contributed by atoms with Gasteiger partial charge in [-0.2, -0.15) is 0 Å². The van der Waals surface area contributed by atoms with Crippen LogP contribution >= 0.6 is 0 Å². The number of likely N-dealkylation sites (tertiary alicyclic amines) is 1. The van der Waals surface area contributed by atoms with Crippen LogP contribution in [0.5, 0.6) is 0 Å². The minimum Gasteiger partial charge on any atom is -0.393 e. The summed E-state index contributed by atoms with van der Waals surface area (Å²) < 4.78 is 0. The van der Waals surface area contributed by atoms with Crippen LogP contribution in [-0.2, 0) is 0 Å². The van der Waals surface area contributed by atoms with Gasteiger partial charge in [-0.1, -0.05) is 0 Å². The third-order valence-corrected chi connectivity index (χ3v) is 4.81. The van der Waals surface area contributed by atoms with Crippen molar-refractivity contribution in [3.8, 4) is 0 Å². The SMILES string of the molecule is O=C(Nc1ccc(C(=O)N2CCCC2)cc1)NC1CCC(O)CC1. The number of hydrogen-bond acceptors (Lipinski definition) is 3. The van der Waals surface area contributed by atoms with Gasteiger partial charge in [0.15, 0.2) is 0 Å². The van der Waals surface area contributed by atoms with Gasteiger partial charge in [0.25, 0.3) is 5.91 Å². The van der Waals surface area contributed by atoms with E-state index >= 15 is 0 Å². The van der Waals surface area contributed by atoms with E-state index in [1.807, 2.05) is 4.90 Å². The number of carbonyl (C=O) groups excluding carboxylic acids is 2. The zero-order valence-electron chi connectivity index (χ0n) is 13.8. The summed E-state index contributed by atoms with van der Waals surface area (Å²) in [5.74, 6) is 0.0595. The fraction of sp³-hybridized carbons (Fsp3) is 0.556. The average molecular weight is 331 g/mol. The maximum absolute atomic E-state index is 12.3. The number of amides is 3. The standard InChI is InChI=1S/C18H25N3O3/c22-16-9-7-15(8-10-16)20-18(24)19-14-5-3-13(4-6-14)17(23)21-11-1-2-12-21/h3-6,15-16,22H,1-2,7-12H2,(H2,19,20,24). The molecule has 0 aromatic heterocycles. The number of urea groups is 1. The Balaban J connectivity index is 1.50.